The molecule has 0 spiro atoms. The van der Waals surface area contributed by atoms with Gasteiger partial charge in [-0.3, -0.25) is 23.0 Å². The van der Waals surface area contributed by atoms with E-state index in [1.807, 2.05) is 4.90 Å². The third kappa shape index (κ3) is 18.2. The molecular weight excluding hydrogens is 532 g/mol. The average Bonchev–Trinajstić information content (AvgIpc) is 2.85. The van der Waals surface area contributed by atoms with Crippen molar-refractivity contribution in [1.29, 1.82) is 0 Å². The van der Waals surface area contributed by atoms with E-state index in [1.165, 1.54) is 13.4 Å². The lowest BCUT2D eigenvalue weighted by Gasteiger charge is -2.22. The van der Waals surface area contributed by atoms with Crippen LogP contribution < -0.4 is 4.74 Å². The smallest absolute Gasteiger partial charge is 0.306 e. The molecule has 37 heavy (non-hydrogen) atoms. The molecule has 1 atom stereocenters. The molecule has 0 radical (unpaired) electrons. The zero-order valence-corrected chi connectivity index (χ0v) is 23.5. The summed E-state index contributed by atoms with van der Waals surface area (Å²) in [5.74, 6) is 0.0981. The number of nitrogens with zero attached hydrogens (tertiary/aromatic N) is 2. The van der Waals surface area contributed by atoms with Gasteiger partial charge in [0, 0.05) is 45.1 Å². The number of rotatable bonds is 22. The number of hydrogen-bond donors (Lipinski definition) is 0. The summed E-state index contributed by atoms with van der Waals surface area (Å²) in [6.45, 7) is 3.78. The van der Waals surface area contributed by atoms with Crippen molar-refractivity contribution in [2.45, 2.75) is 19.6 Å². The van der Waals surface area contributed by atoms with E-state index in [1.54, 1.807) is 19.2 Å². The third-order valence-electron chi connectivity index (χ3n) is 4.59. The molecule has 1 rings (SSSR count). The molecule has 1 unspecified atom stereocenters. The summed E-state index contributed by atoms with van der Waals surface area (Å²) >= 11 is -1.50. The van der Waals surface area contributed by atoms with E-state index >= 15 is 0 Å². The number of pyridine rings is 1. The number of hydrogen-bond acceptors (Lipinski definition) is 13. The Morgan fingerprint density at radius 1 is 0.946 bits per heavy atom. The monoisotopic (exact) mass is 570 g/mol. The SMILES string of the molecule is COCCOCCOCCN(CCOc1cc(COS(C)=O)nc(COS(C)(=O)=O)c1)CCC(=O)OC. The summed E-state index contributed by atoms with van der Waals surface area (Å²) in [6, 6.07) is 3.17. The van der Waals surface area contributed by atoms with E-state index in [-0.39, 0.29) is 32.2 Å². The maximum absolute atomic E-state index is 11.6. The van der Waals surface area contributed by atoms with E-state index in [9.17, 15) is 17.4 Å². The molecule has 15 heteroatoms. The first-order valence-electron chi connectivity index (χ1n) is 11.5. The Morgan fingerprint density at radius 2 is 1.57 bits per heavy atom. The first-order valence-corrected chi connectivity index (χ1v) is 14.8. The second kappa shape index (κ2) is 19.4. The summed E-state index contributed by atoms with van der Waals surface area (Å²) in [4.78, 5) is 17.9. The highest BCUT2D eigenvalue weighted by Crippen LogP contribution is 2.17. The molecule has 1 aromatic heterocycles. The molecular formula is C22H38N2O11S2. The lowest BCUT2D eigenvalue weighted by molar-refractivity contribution is -0.141. The van der Waals surface area contributed by atoms with Crippen molar-refractivity contribution in [2.75, 3.05) is 86.0 Å². The van der Waals surface area contributed by atoms with Crippen molar-refractivity contribution in [3.8, 4) is 5.75 Å². The molecule has 0 saturated heterocycles. The second-order valence-corrected chi connectivity index (χ2v) is 10.3. The Hall–Kier alpha value is -1.72. The number of ether oxygens (including phenoxy) is 5. The van der Waals surface area contributed by atoms with Crippen LogP contribution in [0.25, 0.3) is 0 Å². The van der Waals surface area contributed by atoms with Crippen molar-refractivity contribution >= 4 is 27.2 Å². The van der Waals surface area contributed by atoms with Crippen LogP contribution in [0.2, 0.25) is 0 Å². The van der Waals surface area contributed by atoms with Gasteiger partial charge in [-0.1, -0.05) is 0 Å². The highest BCUT2D eigenvalue weighted by molar-refractivity contribution is 7.85. The number of carbonyl (C=O) groups is 1. The van der Waals surface area contributed by atoms with Gasteiger partial charge in [-0.15, -0.1) is 0 Å². The Labute approximate surface area is 221 Å². The normalized spacial score (nSPS) is 12.6. The van der Waals surface area contributed by atoms with Gasteiger partial charge in [-0.2, -0.15) is 8.42 Å². The van der Waals surface area contributed by atoms with Gasteiger partial charge in [0.15, 0.2) is 11.1 Å². The quantitative estimate of drug-likeness (QED) is 0.107. The van der Waals surface area contributed by atoms with E-state index in [2.05, 4.69) is 4.98 Å². The van der Waals surface area contributed by atoms with Crippen LogP contribution >= 0.6 is 0 Å². The highest BCUT2D eigenvalue weighted by Gasteiger charge is 2.12. The van der Waals surface area contributed by atoms with E-state index in [0.717, 1.165) is 6.26 Å². The van der Waals surface area contributed by atoms with Gasteiger partial charge in [0.05, 0.1) is 64.2 Å². The zero-order chi connectivity index (χ0) is 27.5. The molecule has 0 fully saturated rings. The lowest BCUT2D eigenvalue weighted by Crippen LogP contribution is -2.34. The standard InChI is InChI=1S/C22H38N2O11S2/c1-29-11-12-32-14-13-31-9-7-24(6-5-22(25)30-2)8-10-33-21-15-19(17-34-36(3)26)23-20(16-21)18-35-37(4,27)28/h15-16H,5-14,17-18H2,1-4H3. The highest BCUT2D eigenvalue weighted by atomic mass is 32.2. The van der Waals surface area contributed by atoms with Gasteiger partial charge in [-0.25, -0.2) is 4.21 Å². The number of carbonyl (C=O) groups excluding carboxylic acids is 1. The molecule has 0 aromatic carbocycles. The number of aromatic nitrogens is 1. The summed E-state index contributed by atoms with van der Waals surface area (Å²) < 4.78 is 70.3. The van der Waals surface area contributed by atoms with Crippen LogP contribution in [0.3, 0.4) is 0 Å². The van der Waals surface area contributed by atoms with Crippen LogP contribution in [-0.2, 0) is 66.5 Å². The molecule has 0 N–H and O–H groups in total. The number of methoxy groups -OCH3 is 2. The Balaban J connectivity index is 2.67. The third-order valence-corrected chi connectivity index (χ3v) is 5.59. The van der Waals surface area contributed by atoms with Crippen molar-refractivity contribution < 1.29 is 49.5 Å². The maximum Gasteiger partial charge on any atom is 0.306 e. The molecule has 0 bridgehead atoms. The molecule has 1 heterocycles. The van der Waals surface area contributed by atoms with Crippen molar-refractivity contribution in [3.63, 3.8) is 0 Å². The van der Waals surface area contributed by atoms with Crippen LogP contribution in [0.4, 0.5) is 0 Å². The fraction of sp³-hybridized carbons (Fsp3) is 0.727. The predicted molar refractivity (Wildman–Crippen MR) is 135 cm³/mol. The summed E-state index contributed by atoms with van der Waals surface area (Å²) in [5, 5.41) is 0. The summed E-state index contributed by atoms with van der Waals surface area (Å²) in [5.41, 5.74) is 0.718. The van der Waals surface area contributed by atoms with Gasteiger partial charge in [0.25, 0.3) is 10.1 Å². The average molecular weight is 571 g/mol. The van der Waals surface area contributed by atoms with E-state index in [0.29, 0.717) is 69.8 Å². The molecule has 0 aliphatic heterocycles. The minimum absolute atomic E-state index is 0.0516. The van der Waals surface area contributed by atoms with Gasteiger partial charge in [0.1, 0.15) is 25.6 Å². The first-order chi connectivity index (χ1) is 17.6. The van der Waals surface area contributed by atoms with Crippen LogP contribution in [0.1, 0.15) is 17.8 Å². The molecule has 0 aliphatic rings. The van der Waals surface area contributed by atoms with Crippen molar-refractivity contribution in [2.24, 2.45) is 0 Å². The molecule has 0 aliphatic carbocycles. The predicted octanol–water partition coefficient (Wildman–Crippen LogP) is 0.291. The van der Waals surface area contributed by atoms with Crippen LogP contribution in [0.5, 0.6) is 5.75 Å². The Bertz CT molecular complexity index is 916. The fourth-order valence-electron chi connectivity index (χ4n) is 2.80. The Kier molecular flexibility index (Phi) is 17.4. The summed E-state index contributed by atoms with van der Waals surface area (Å²) in [7, 11) is -0.720. The van der Waals surface area contributed by atoms with Gasteiger partial charge in [-0.05, 0) is 0 Å². The summed E-state index contributed by atoms with van der Waals surface area (Å²) in [6.07, 6.45) is 2.54. The van der Waals surface area contributed by atoms with E-state index < -0.39 is 21.2 Å². The molecule has 1 aromatic rings. The van der Waals surface area contributed by atoms with Gasteiger partial charge in [0.2, 0.25) is 0 Å². The minimum atomic E-state index is -3.67. The van der Waals surface area contributed by atoms with Crippen LogP contribution in [0, 0.1) is 0 Å². The van der Waals surface area contributed by atoms with E-state index in [4.69, 9.17) is 32.1 Å². The minimum Gasteiger partial charge on any atom is -0.492 e. The van der Waals surface area contributed by atoms with Gasteiger partial charge >= 0.3 is 5.97 Å². The van der Waals surface area contributed by atoms with Crippen LogP contribution in [0.15, 0.2) is 12.1 Å². The lowest BCUT2D eigenvalue weighted by atomic mass is 10.3. The topological polar surface area (TPSA) is 149 Å². The van der Waals surface area contributed by atoms with Gasteiger partial charge < -0.3 is 23.7 Å². The maximum atomic E-state index is 11.6. The first kappa shape index (κ1) is 33.3. The molecule has 0 amide bonds. The zero-order valence-electron chi connectivity index (χ0n) is 21.8. The molecule has 214 valence electrons. The van der Waals surface area contributed by atoms with Crippen LogP contribution in [-0.4, -0.2) is 114 Å². The molecule has 0 saturated carbocycles. The second-order valence-electron chi connectivity index (χ2n) is 7.65. The fourth-order valence-corrected chi connectivity index (χ4v) is 3.42. The van der Waals surface area contributed by atoms with Crippen molar-refractivity contribution in [3.05, 3.63) is 23.5 Å². The molecule has 13 nitrogen and oxygen atoms in total. The van der Waals surface area contributed by atoms with Crippen molar-refractivity contribution in [1.82, 2.24) is 9.88 Å². The largest absolute Gasteiger partial charge is 0.492 e. The Morgan fingerprint density at radius 3 is 2.19 bits per heavy atom. The number of esters is 1.